The van der Waals surface area contributed by atoms with Crippen molar-refractivity contribution in [2.24, 2.45) is 0 Å². The SMILES string of the molecule is Cc1cccc(-n2nccc2C(F)(F)F)c1. The van der Waals surface area contributed by atoms with E-state index in [1.807, 2.05) is 13.0 Å². The summed E-state index contributed by atoms with van der Waals surface area (Å²) in [4.78, 5) is 0. The molecule has 1 heterocycles. The Labute approximate surface area is 90.3 Å². The zero-order chi connectivity index (χ0) is 11.8. The molecule has 0 spiro atoms. The Morgan fingerprint density at radius 1 is 1.19 bits per heavy atom. The van der Waals surface area contributed by atoms with Crippen molar-refractivity contribution in [3.63, 3.8) is 0 Å². The maximum absolute atomic E-state index is 12.6. The molecule has 0 saturated carbocycles. The van der Waals surface area contributed by atoms with Crippen molar-refractivity contribution in [3.05, 3.63) is 47.8 Å². The molecular formula is C11H9F3N2. The third kappa shape index (κ3) is 1.93. The molecular weight excluding hydrogens is 217 g/mol. The minimum absolute atomic E-state index is 0.414. The Kier molecular flexibility index (Phi) is 2.46. The van der Waals surface area contributed by atoms with Crippen LogP contribution in [0.5, 0.6) is 0 Å². The van der Waals surface area contributed by atoms with Crippen LogP contribution in [0.1, 0.15) is 11.3 Å². The second-order valence-corrected chi connectivity index (χ2v) is 3.47. The predicted octanol–water partition coefficient (Wildman–Crippen LogP) is 3.20. The second-order valence-electron chi connectivity index (χ2n) is 3.47. The van der Waals surface area contributed by atoms with Crippen LogP contribution in [-0.2, 0) is 6.18 Å². The number of benzene rings is 1. The van der Waals surface area contributed by atoms with Crippen LogP contribution in [0, 0.1) is 6.92 Å². The predicted molar refractivity (Wildman–Crippen MR) is 53.3 cm³/mol. The highest BCUT2D eigenvalue weighted by Crippen LogP contribution is 2.30. The molecule has 5 heteroatoms. The fourth-order valence-electron chi connectivity index (χ4n) is 1.48. The first-order valence-electron chi connectivity index (χ1n) is 4.67. The zero-order valence-electron chi connectivity index (χ0n) is 8.49. The van der Waals surface area contributed by atoms with Crippen LogP contribution in [0.4, 0.5) is 13.2 Å². The van der Waals surface area contributed by atoms with Crippen molar-refractivity contribution in [1.82, 2.24) is 9.78 Å². The van der Waals surface area contributed by atoms with Crippen molar-refractivity contribution in [2.75, 3.05) is 0 Å². The number of aromatic nitrogens is 2. The van der Waals surface area contributed by atoms with E-state index in [1.54, 1.807) is 18.2 Å². The molecule has 1 aromatic carbocycles. The van der Waals surface area contributed by atoms with Gasteiger partial charge in [-0.05, 0) is 30.7 Å². The van der Waals surface area contributed by atoms with Gasteiger partial charge in [-0.15, -0.1) is 0 Å². The first kappa shape index (κ1) is 10.7. The maximum Gasteiger partial charge on any atom is 0.433 e. The lowest BCUT2D eigenvalue weighted by Crippen LogP contribution is -2.13. The van der Waals surface area contributed by atoms with E-state index >= 15 is 0 Å². The Morgan fingerprint density at radius 2 is 1.94 bits per heavy atom. The molecule has 0 N–H and O–H groups in total. The number of alkyl halides is 3. The molecule has 2 rings (SSSR count). The van der Waals surface area contributed by atoms with Gasteiger partial charge in [0.25, 0.3) is 0 Å². The third-order valence-corrected chi connectivity index (χ3v) is 2.18. The summed E-state index contributed by atoms with van der Waals surface area (Å²) in [6.07, 6.45) is -3.24. The number of hydrogen-bond donors (Lipinski definition) is 0. The number of aryl methyl sites for hydroxylation is 1. The molecule has 0 atom stereocenters. The summed E-state index contributed by atoms with van der Waals surface area (Å²) in [6, 6.07) is 7.73. The topological polar surface area (TPSA) is 17.8 Å². The molecule has 2 nitrogen and oxygen atoms in total. The smallest absolute Gasteiger partial charge is 0.229 e. The molecule has 2 aromatic rings. The largest absolute Gasteiger partial charge is 0.433 e. The number of halogens is 3. The quantitative estimate of drug-likeness (QED) is 0.730. The van der Waals surface area contributed by atoms with Gasteiger partial charge in [0.2, 0.25) is 0 Å². The average Bonchev–Trinajstić information content (AvgIpc) is 2.65. The molecule has 0 saturated heterocycles. The van der Waals surface area contributed by atoms with Crippen LogP contribution in [0.2, 0.25) is 0 Å². The first-order valence-corrected chi connectivity index (χ1v) is 4.67. The Balaban J connectivity index is 2.53. The number of nitrogens with zero attached hydrogens (tertiary/aromatic N) is 2. The van der Waals surface area contributed by atoms with E-state index in [1.165, 1.54) is 0 Å². The van der Waals surface area contributed by atoms with Gasteiger partial charge in [0.15, 0.2) is 0 Å². The molecule has 0 amide bonds. The summed E-state index contributed by atoms with van der Waals surface area (Å²) in [7, 11) is 0. The fraction of sp³-hybridized carbons (Fsp3) is 0.182. The molecule has 0 bridgehead atoms. The summed E-state index contributed by atoms with van der Waals surface area (Å²) in [5.74, 6) is 0. The van der Waals surface area contributed by atoms with Gasteiger partial charge in [-0.1, -0.05) is 12.1 Å². The molecule has 0 radical (unpaired) electrons. The molecule has 0 aliphatic heterocycles. The van der Waals surface area contributed by atoms with Gasteiger partial charge in [0, 0.05) is 0 Å². The Hall–Kier alpha value is -1.78. The lowest BCUT2D eigenvalue weighted by atomic mass is 10.2. The summed E-state index contributed by atoms with van der Waals surface area (Å²) < 4.78 is 38.7. The molecule has 0 unspecified atom stereocenters. The second kappa shape index (κ2) is 3.66. The monoisotopic (exact) mass is 226 g/mol. The molecule has 16 heavy (non-hydrogen) atoms. The minimum atomic E-state index is -4.39. The van der Waals surface area contributed by atoms with Crippen LogP contribution < -0.4 is 0 Å². The van der Waals surface area contributed by atoms with E-state index in [2.05, 4.69) is 5.10 Å². The first-order chi connectivity index (χ1) is 7.48. The van der Waals surface area contributed by atoms with E-state index in [4.69, 9.17) is 0 Å². The maximum atomic E-state index is 12.6. The molecule has 0 aliphatic carbocycles. The molecule has 1 aromatic heterocycles. The molecule has 0 aliphatic rings. The highest BCUT2D eigenvalue weighted by atomic mass is 19.4. The highest BCUT2D eigenvalue weighted by molar-refractivity contribution is 5.36. The van der Waals surface area contributed by atoms with E-state index in [-0.39, 0.29) is 0 Å². The summed E-state index contributed by atoms with van der Waals surface area (Å²) in [5.41, 5.74) is 0.538. The normalized spacial score (nSPS) is 11.8. The van der Waals surface area contributed by atoms with Gasteiger partial charge in [0.1, 0.15) is 5.69 Å². The standard InChI is InChI=1S/C11H9F3N2/c1-8-3-2-4-9(7-8)16-10(5-6-15-16)11(12,13)14/h2-7H,1H3. The Morgan fingerprint density at radius 3 is 2.56 bits per heavy atom. The van der Waals surface area contributed by atoms with E-state index in [9.17, 15) is 13.2 Å². The summed E-state index contributed by atoms with van der Waals surface area (Å²) in [6.45, 7) is 1.82. The lowest BCUT2D eigenvalue weighted by Gasteiger charge is -2.10. The third-order valence-electron chi connectivity index (χ3n) is 2.18. The van der Waals surface area contributed by atoms with E-state index in [0.29, 0.717) is 5.69 Å². The van der Waals surface area contributed by atoms with Crippen molar-refractivity contribution >= 4 is 0 Å². The van der Waals surface area contributed by atoms with Gasteiger partial charge in [-0.25, -0.2) is 4.68 Å². The van der Waals surface area contributed by atoms with Crippen molar-refractivity contribution < 1.29 is 13.2 Å². The van der Waals surface area contributed by atoms with E-state index in [0.717, 1.165) is 22.5 Å². The minimum Gasteiger partial charge on any atom is -0.229 e. The summed E-state index contributed by atoms with van der Waals surface area (Å²) >= 11 is 0. The number of rotatable bonds is 1. The van der Waals surface area contributed by atoms with Gasteiger partial charge < -0.3 is 0 Å². The number of hydrogen-bond acceptors (Lipinski definition) is 1. The van der Waals surface area contributed by atoms with Crippen molar-refractivity contribution in [2.45, 2.75) is 13.1 Å². The molecule has 0 fully saturated rings. The van der Waals surface area contributed by atoms with Crippen LogP contribution >= 0.6 is 0 Å². The van der Waals surface area contributed by atoms with Gasteiger partial charge in [-0.3, -0.25) is 0 Å². The van der Waals surface area contributed by atoms with Gasteiger partial charge >= 0.3 is 6.18 Å². The fourth-order valence-corrected chi connectivity index (χ4v) is 1.48. The van der Waals surface area contributed by atoms with Gasteiger partial charge in [0.05, 0.1) is 11.9 Å². The lowest BCUT2D eigenvalue weighted by molar-refractivity contribution is -0.142. The van der Waals surface area contributed by atoms with Crippen LogP contribution in [-0.4, -0.2) is 9.78 Å². The van der Waals surface area contributed by atoms with E-state index < -0.39 is 11.9 Å². The van der Waals surface area contributed by atoms with Gasteiger partial charge in [-0.2, -0.15) is 18.3 Å². The van der Waals surface area contributed by atoms with Crippen molar-refractivity contribution in [3.8, 4) is 5.69 Å². The van der Waals surface area contributed by atoms with Crippen LogP contribution in [0.15, 0.2) is 36.5 Å². The highest BCUT2D eigenvalue weighted by Gasteiger charge is 2.35. The average molecular weight is 226 g/mol. The van der Waals surface area contributed by atoms with Crippen LogP contribution in [0.25, 0.3) is 5.69 Å². The van der Waals surface area contributed by atoms with Crippen molar-refractivity contribution in [1.29, 1.82) is 0 Å². The summed E-state index contributed by atoms with van der Waals surface area (Å²) in [5, 5.41) is 3.69. The molecule has 84 valence electrons. The van der Waals surface area contributed by atoms with Crippen LogP contribution in [0.3, 0.4) is 0 Å². The Bertz CT molecular complexity index is 500. The zero-order valence-corrected chi connectivity index (χ0v) is 8.49.